The van der Waals surface area contributed by atoms with Crippen molar-refractivity contribution in [3.05, 3.63) is 65.5 Å². The Bertz CT molecular complexity index is 599. The molecule has 96 valence electrons. The molecule has 0 heterocycles. The molecule has 0 saturated carbocycles. The molecule has 0 aliphatic carbocycles. The van der Waals surface area contributed by atoms with E-state index < -0.39 is 0 Å². The predicted molar refractivity (Wildman–Crippen MR) is 73.1 cm³/mol. The Morgan fingerprint density at radius 3 is 2.63 bits per heavy atom. The van der Waals surface area contributed by atoms with Gasteiger partial charge in [-0.05, 0) is 24.3 Å². The summed E-state index contributed by atoms with van der Waals surface area (Å²) in [5.41, 5.74) is 6.78. The van der Waals surface area contributed by atoms with Gasteiger partial charge in [0.25, 0.3) is 0 Å². The molecule has 2 rings (SSSR count). The van der Waals surface area contributed by atoms with E-state index in [1.54, 1.807) is 6.07 Å². The Labute approximate surface area is 112 Å². The SMILES string of the molecule is NCC#Cc1cc(F)ccc1COc1ccccc1. The standard InChI is InChI=1S/C16H14FNO/c17-15-9-8-14(13(11-15)5-4-10-18)12-19-16-6-2-1-3-7-16/h1-3,6-9,11H,10,12,18H2. The molecule has 0 spiro atoms. The molecule has 0 radical (unpaired) electrons. The lowest BCUT2D eigenvalue weighted by Gasteiger charge is -2.08. The predicted octanol–water partition coefficient (Wildman–Crippen LogP) is 2.71. The zero-order chi connectivity index (χ0) is 13.5. The highest BCUT2D eigenvalue weighted by Crippen LogP contribution is 2.15. The van der Waals surface area contributed by atoms with Crippen molar-refractivity contribution in [2.24, 2.45) is 5.73 Å². The fourth-order valence-electron chi connectivity index (χ4n) is 1.61. The fraction of sp³-hybridized carbons (Fsp3) is 0.125. The van der Waals surface area contributed by atoms with Crippen molar-refractivity contribution in [2.75, 3.05) is 6.54 Å². The Balaban J connectivity index is 2.15. The van der Waals surface area contributed by atoms with Crippen molar-refractivity contribution >= 4 is 0 Å². The zero-order valence-electron chi connectivity index (χ0n) is 10.4. The van der Waals surface area contributed by atoms with Crippen LogP contribution in [0.15, 0.2) is 48.5 Å². The third-order valence-electron chi connectivity index (χ3n) is 2.53. The first kappa shape index (κ1) is 13.1. The van der Waals surface area contributed by atoms with Crippen LogP contribution in [-0.2, 0) is 6.61 Å². The summed E-state index contributed by atoms with van der Waals surface area (Å²) in [7, 11) is 0. The third-order valence-corrected chi connectivity index (χ3v) is 2.53. The van der Waals surface area contributed by atoms with Gasteiger partial charge in [-0.25, -0.2) is 4.39 Å². The highest BCUT2D eigenvalue weighted by atomic mass is 19.1. The van der Waals surface area contributed by atoms with E-state index in [0.717, 1.165) is 11.3 Å². The van der Waals surface area contributed by atoms with Crippen molar-refractivity contribution in [3.8, 4) is 17.6 Å². The van der Waals surface area contributed by atoms with Crippen molar-refractivity contribution in [1.82, 2.24) is 0 Å². The smallest absolute Gasteiger partial charge is 0.124 e. The Kier molecular flexibility index (Phi) is 4.54. The summed E-state index contributed by atoms with van der Waals surface area (Å²) in [5.74, 6) is 6.03. The van der Waals surface area contributed by atoms with Crippen LogP contribution >= 0.6 is 0 Å². The van der Waals surface area contributed by atoms with Gasteiger partial charge >= 0.3 is 0 Å². The highest BCUT2D eigenvalue weighted by molar-refractivity contribution is 5.42. The Hall–Kier alpha value is -2.31. The molecule has 0 atom stereocenters. The van der Waals surface area contributed by atoms with Crippen molar-refractivity contribution in [1.29, 1.82) is 0 Å². The van der Waals surface area contributed by atoms with Gasteiger partial charge < -0.3 is 10.5 Å². The molecule has 0 fully saturated rings. The maximum Gasteiger partial charge on any atom is 0.124 e. The molecule has 0 aliphatic heterocycles. The molecule has 3 heteroatoms. The van der Waals surface area contributed by atoms with E-state index in [1.807, 2.05) is 30.3 Å². The molecule has 0 amide bonds. The number of para-hydroxylation sites is 1. The highest BCUT2D eigenvalue weighted by Gasteiger charge is 2.03. The van der Waals surface area contributed by atoms with Crippen LogP contribution in [0.2, 0.25) is 0 Å². The number of nitrogens with two attached hydrogens (primary N) is 1. The van der Waals surface area contributed by atoms with E-state index in [1.165, 1.54) is 12.1 Å². The summed E-state index contributed by atoms with van der Waals surface area (Å²) in [6.07, 6.45) is 0. The second kappa shape index (κ2) is 6.58. The second-order valence-corrected chi connectivity index (χ2v) is 3.91. The summed E-state index contributed by atoms with van der Waals surface area (Å²) in [6, 6.07) is 13.9. The first-order chi connectivity index (χ1) is 9.29. The van der Waals surface area contributed by atoms with Gasteiger partial charge in [0.15, 0.2) is 0 Å². The maximum atomic E-state index is 13.2. The van der Waals surface area contributed by atoms with Gasteiger partial charge in [0, 0.05) is 11.1 Å². The van der Waals surface area contributed by atoms with Crippen molar-refractivity contribution in [2.45, 2.75) is 6.61 Å². The summed E-state index contributed by atoms with van der Waals surface area (Å²) >= 11 is 0. The van der Waals surface area contributed by atoms with Gasteiger partial charge in [0.2, 0.25) is 0 Å². The summed E-state index contributed by atoms with van der Waals surface area (Å²) in [4.78, 5) is 0. The normalized spacial score (nSPS) is 9.58. The number of rotatable bonds is 3. The lowest BCUT2D eigenvalue weighted by molar-refractivity contribution is 0.306. The van der Waals surface area contributed by atoms with Gasteiger partial charge in [-0.3, -0.25) is 0 Å². The van der Waals surface area contributed by atoms with Gasteiger partial charge in [-0.1, -0.05) is 36.1 Å². The first-order valence-electron chi connectivity index (χ1n) is 5.95. The van der Waals surface area contributed by atoms with Crippen molar-refractivity contribution < 1.29 is 9.13 Å². The average molecular weight is 255 g/mol. The van der Waals surface area contributed by atoms with E-state index in [4.69, 9.17) is 10.5 Å². The molecular weight excluding hydrogens is 241 g/mol. The minimum absolute atomic E-state index is 0.246. The number of hydrogen-bond acceptors (Lipinski definition) is 2. The quantitative estimate of drug-likeness (QED) is 0.856. The van der Waals surface area contributed by atoms with Crippen LogP contribution in [0.1, 0.15) is 11.1 Å². The molecule has 0 unspecified atom stereocenters. The zero-order valence-corrected chi connectivity index (χ0v) is 10.4. The van der Waals surface area contributed by atoms with Gasteiger partial charge in [-0.15, -0.1) is 0 Å². The fourth-order valence-corrected chi connectivity index (χ4v) is 1.61. The molecule has 0 saturated heterocycles. The van der Waals surface area contributed by atoms with Gasteiger partial charge in [-0.2, -0.15) is 0 Å². The van der Waals surface area contributed by atoms with E-state index in [-0.39, 0.29) is 12.4 Å². The maximum absolute atomic E-state index is 13.2. The molecule has 0 aliphatic rings. The summed E-state index contributed by atoms with van der Waals surface area (Å²) in [5, 5.41) is 0. The molecule has 0 aromatic heterocycles. The topological polar surface area (TPSA) is 35.2 Å². The molecule has 2 nitrogen and oxygen atoms in total. The van der Waals surface area contributed by atoms with E-state index in [9.17, 15) is 4.39 Å². The minimum atomic E-state index is -0.315. The van der Waals surface area contributed by atoms with Crippen molar-refractivity contribution in [3.63, 3.8) is 0 Å². The van der Waals surface area contributed by atoms with Crippen LogP contribution in [0.3, 0.4) is 0 Å². The van der Waals surface area contributed by atoms with Gasteiger partial charge in [0.05, 0.1) is 6.54 Å². The third kappa shape index (κ3) is 3.84. The van der Waals surface area contributed by atoms with Gasteiger partial charge in [0.1, 0.15) is 18.2 Å². The molecule has 2 aromatic rings. The molecular formula is C16H14FNO. The first-order valence-corrected chi connectivity index (χ1v) is 5.95. The van der Waals surface area contributed by atoms with Crippen LogP contribution in [0.5, 0.6) is 5.75 Å². The largest absolute Gasteiger partial charge is 0.489 e. The lowest BCUT2D eigenvalue weighted by atomic mass is 10.1. The summed E-state index contributed by atoms with van der Waals surface area (Å²) < 4.78 is 18.8. The second-order valence-electron chi connectivity index (χ2n) is 3.91. The van der Waals surface area contributed by atoms with Crippen LogP contribution in [0.25, 0.3) is 0 Å². The molecule has 19 heavy (non-hydrogen) atoms. The number of halogens is 1. The van der Waals surface area contributed by atoms with E-state index in [2.05, 4.69) is 11.8 Å². The van der Waals surface area contributed by atoms with E-state index >= 15 is 0 Å². The molecule has 2 aromatic carbocycles. The Morgan fingerprint density at radius 2 is 1.89 bits per heavy atom. The average Bonchev–Trinajstić information content (AvgIpc) is 2.45. The monoisotopic (exact) mass is 255 g/mol. The van der Waals surface area contributed by atoms with Crippen LogP contribution in [0, 0.1) is 17.7 Å². The molecule has 2 N–H and O–H groups in total. The Morgan fingerprint density at radius 1 is 1.11 bits per heavy atom. The number of ether oxygens (including phenoxy) is 1. The minimum Gasteiger partial charge on any atom is -0.489 e. The lowest BCUT2D eigenvalue weighted by Crippen LogP contribution is -2.00. The van der Waals surface area contributed by atoms with Crippen LogP contribution < -0.4 is 10.5 Å². The summed E-state index contributed by atoms with van der Waals surface area (Å²) in [6.45, 7) is 0.592. The number of hydrogen-bond donors (Lipinski definition) is 1. The van der Waals surface area contributed by atoms with E-state index in [0.29, 0.717) is 12.2 Å². The van der Waals surface area contributed by atoms with Crippen LogP contribution in [0.4, 0.5) is 4.39 Å². The van der Waals surface area contributed by atoms with Crippen LogP contribution in [-0.4, -0.2) is 6.54 Å². The number of benzene rings is 2. The molecule has 0 bridgehead atoms.